The summed E-state index contributed by atoms with van der Waals surface area (Å²) in [6.45, 7) is 1.31. The Morgan fingerprint density at radius 2 is 1.77 bits per heavy atom. The molecule has 3 aromatic rings. The van der Waals surface area contributed by atoms with Crippen molar-refractivity contribution in [1.82, 2.24) is 25.1 Å². The Morgan fingerprint density at radius 1 is 1.07 bits per heavy atom. The molecule has 1 N–H and O–H groups in total. The first-order chi connectivity index (χ1) is 14.4. The van der Waals surface area contributed by atoms with E-state index in [0.717, 1.165) is 5.56 Å². The third kappa shape index (κ3) is 5.47. The quantitative estimate of drug-likeness (QED) is 0.584. The lowest BCUT2D eigenvalue weighted by molar-refractivity contribution is -0.136. The molecule has 0 radical (unpaired) electrons. The van der Waals surface area contributed by atoms with Crippen molar-refractivity contribution < 1.29 is 19.1 Å². The average molecular weight is 408 g/mol. The van der Waals surface area contributed by atoms with E-state index < -0.39 is 18.5 Å². The first-order valence-corrected chi connectivity index (χ1v) is 9.03. The third-order valence-corrected chi connectivity index (χ3v) is 4.19. The Labute approximate surface area is 172 Å². The van der Waals surface area contributed by atoms with Crippen molar-refractivity contribution in [3.8, 4) is 5.69 Å². The number of hydrogen-bond donors (Lipinski definition) is 1. The topological polar surface area (TPSA) is 119 Å². The van der Waals surface area contributed by atoms with Gasteiger partial charge in [0.25, 0.3) is 5.91 Å². The number of esters is 1. The minimum atomic E-state index is -0.649. The number of carbonyl (C=O) groups is 3. The number of hydrogen-bond acceptors (Lipinski definition) is 7. The highest BCUT2D eigenvalue weighted by atomic mass is 16.5. The predicted molar refractivity (Wildman–Crippen MR) is 107 cm³/mol. The zero-order valence-electron chi connectivity index (χ0n) is 16.5. The highest BCUT2D eigenvalue weighted by Crippen LogP contribution is 2.10. The number of ether oxygens (including phenoxy) is 1. The maximum absolute atomic E-state index is 12.2. The van der Waals surface area contributed by atoms with Crippen LogP contribution >= 0.6 is 0 Å². The fraction of sp³-hybridized carbons (Fsp3) is 0.200. The van der Waals surface area contributed by atoms with Crippen LogP contribution in [-0.4, -0.2) is 63.1 Å². The third-order valence-electron chi connectivity index (χ3n) is 4.19. The van der Waals surface area contributed by atoms with E-state index >= 15 is 0 Å². The van der Waals surface area contributed by atoms with Gasteiger partial charge in [0.05, 0.1) is 17.8 Å². The average Bonchev–Trinajstić information content (AvgIpc) is 3.28. The van der Waals surface area contributed by atoms with Gasteiger partial charge >= 0.3 is 5.97 Å². The molecule has 0 spiro atoms. The number of nitrogens with zero attached hydrogens (tertiary/aromatic N) is 5. The number of carbonyl (C=O) groups excluding carboxylic acids is 3. The van der Waals surface area contributed by atoms with Crippen molar-refractivity contribution in [2.75, 3.05) is 25.5 Å². The predicted octanol–water partition coefficient (Wildman–Crippen LogP) is 1.22. The van der Waals surface area contributed by atoms with Gasteiger partial charge in [-0.2, -0.15) is 0 Å². The molecule has 0 aliphatic carbocycles. The molecule has 0 aliphatic heterocycles. The van der Waals surface area contributed by atoms with E-state index in [-0.39, 0.29) is 18.0 Å². The lowest BCUT2D eigenvalue weighted by atomic mass is 10.2. The molecule has 10 nitrogen and oxygen atoms in total. The monoisotopic (exact) mass is 408 g/mol. The van der Waals surface area contributed by atoms with Crippen LogP contribution in [0, 0.1) is 6.92 Å². The Morgan fingerprint density at radius 3 is 2.40 bits per heavy atom. The smallest absolute Gasteiger partial charge is 0.338 e. The lowest BCUT2D eigenvalue weighted by Crippen LogP contribution is -2.37. The minimum absolute atomic E-state index is 0.162. The molecule has 154 valence electrons. The Hall–Kier alpha value is -4.08. The summed E-state index contributed by atoms with van der Waals surface area (Å²) < 4.78 is 6.49. The molecule has 2 amide bonds. The summed E-state index contributed by atoms with van der Waals surface area (Å²) in [6, 6.07) is 13.7. The van der Waals surface area contributed by atoms with E-state index in [4.69, 9.17) is 4.74 Å². The maximum Gasteiger partial charge on any atom is 0.338 e. The van der Waals surface area contributed by atoms with Gasteiger partial charge in [0.15, 0.2) is 6.61 Å². The number of amides is 2. The van der Waals surface area contributed by atoms with E-state index in [1.54, 1.807) is 36.4 Å². The van der Waals surface area contributed by atoms with Crippen LogP contribution in [0.5, 0.6) is 0 Å². The summed E-state index contributed by atoms with van der Waals surface area (Å²) in [6.07, 6.45) is 1.43. The molecule has 0 atom stereocenters. The molecule has 0 saturated heterocycles. The largest absolute Gasteiger partial charge is 0.452 e. The summed E-state index contributed by atoms with van der Waals surface area (Å²) in [5.74, 6) is -1.49. The van der Waals surface area contributed by atoms with Crippen LogP contribution in [0.3, 0.4) is 0 Å². The van der Waals surface area contributed by atoms with E-state index in [1.165, 1.54) is 23.0 Å². The summed E-state index contributed by atoms with van der Waals surface area (Å²) in [5, 5.41) is 13.5. The highest BCUT2D eigenvalue weighted by Gasteiger charge is 2.16. The lowest BCUT2D eigenvalue weighted by Gasteiger charge is -2.17. The van der Waals surface area contributed by atoms with Gasteiger partial charge < -0.3 is 15.0 Å². The van der Waals surface area contributed by atoms with Crippen molar-refractivity contribution >= 4 is 23.5 Å². The van der Waals surface area contributed by atoms with Crippen LogP contribution < -0.4 is 5.32 Å². The van der Waals surface area contributed by atoms with Crippen molar-refractivity contribution in [1.29, 1.82) is 0 Å². The molecule has 3 rings (SSSR count). The summed E-state index contributed by atoms with van der Waals surface area (Å²) in [7, 11) is 1.46. The van der Waals surface area contributed by atoms with Crippen molar-refractivity contribution in [2.45, 2.75) is 6.92 Å². The molecule has 30 heavy (non-hydrogen) atoms. The van der Waals surface area contributed by atoms with E-state index in [9.17, 15) is 14.4 Å². The van der Waals surface area contributed by atoms with Crippen LogP contribution in [0.25, 0.3) is 5.69 Å². The zero-order chi connectivity index (χ0) is 21.5. The van der Waals surface area contributed by atoms with Crippen LogP contribution in [0.1, 0.15) is 15.9 Å². The number of aromatic nitrogens is 4. The van der Waals surface area contributed by atoms with Crippen LogP contribution in [0.15, 0.2) is 54.9 Å². The highest BCUT2D eigenvalue weighted by molar-refractivity contribution is 5.95. The Balaban J connectivity index is 1.46. The number of aryl methyl sites for hydroxylation is 1. The summed E-state index contributed by atoms with van der Waals surface area (Å²) in [4.78, 5) is 37.6. The van der Waals surface area contributed by atoms with Crippen LogP contribution in [-0.2, 0) is 14.3 Å². The van der Waals surface area contributed by atoms with Crippen molar-refractivity contribution in [3.05, 3.63) is 66.0 Å². The van der Waals surface area contributed by atoms with Gasteiger partial charge in [-0.25, -0.2) is 9.48 Å². The zero-order valence-corrected chi connectivity index (χ0v) is 16.5. The second kappa shape index (κ2) is 9.41. The number of tetrazole rings is 1. The first-order valence-electron chi connectivity index (χ1n) is 9.03. The van der Waals surface area contributed by atoms with Crippen molar-refractivity contribution in [2.24, 2.45) is 0 Å². The second-order valence-electron chi connectivity index (χ2n) is 6.54. The molecule has 1 heterocycles. The summed E-state index contributed by atoms with van der Waals surface area (Å²) in [5.41, 5.74) is 2.67. The molecular formula is C20H20N6O4. The molecule has 0 fully saturated rings. The van der Waals surface area contributed by atoms with Gasteiger partial charge in [0.2, 0.25) is 5.91 Å². The molecule has 1 aromatic heterocycles. The molecule has 10 heteroatoms. The number of likely N-dealkylation sites (N-methyl/N-ethyl adjacent to an activating group) is 1. The second-order valence-corrected chi connectivity index (χ2v) is 6.54. The molecule has 0 unspecified atom stereocenters. The number of benzene rings is 2. The fourth-order valence-electron chi connectivity index (χ4n) is 2.49. The van der Waals surface area contributed by atoms with E-state index in [0.29, 0.717) is 11.4 Å². The normalized spacial score (nSPS) is 10.3. The fourth-order valence-corrected chi connectivity index (χ4v) is 2.49. The van der Waals surface area contributed by atoms with Crippen LogP contribution in [0.4, 0.5) is 5.69 Å². The van der Waals surface area contributed by atoms with Gasteiger partial charge in [0.1, 0.15) is 6.33 Å². The molecular weight excluding hydrogens is 388 g/mol. The van der Waals surface area contributed by atoms with Gasteiger partial charge in [0, 0.05) is 12.7 Å². The van der Waals surface area contributed by atoms with E-state index in [1.807, 2.05) is 19.1 Å². The van der Waals surface area contributed by atoms with Gasteiger partial charge in [-0.3, -0.25) is 9.59 Å². The number of anilines is 1. The number of rotatable bonds is 7. The van der Waals surface area contributed by atoms with Gasteiger partial charge in [-0.05, 0) is 53.7 Å². The molecule has 0 saturated carbocycles. The van der Waals surface area contributed by atoms with Gasteiger partial charge in [-0.1, -0.05) is 17.7 Å². The van der Waals surface area contributed by atoms with Gasteiger partial charge in [-0.15, -0.1) is 5.10 Å². The number of nitrogens with one attached hydrogen (secondary N) is 1. The molecule has 2 aromatic carbocycles. The van der Waals surface area contributed by atoms with Crippen molar-refractivity contribution in [3.63, 3.8) is 0 Å². The summed E-state index contributed by atoms with van der Waals surface area (Å²) >= 11 is 0. The molecule has 0 aliphatic rings. The molecule has 0 bridgehead atoms. The standard InChI is InChI=1S/C20H20N6O4/c1-14-3-7-16(8-4-14)22-18(27)11-25(2)19(28)12-30-20(29)15-5-9-17(10-6-15)26-13-21-23-24-26/h3-10,13H,11-12H2,1-2H3,(H,22,27). The maximum atomic E-state index is 12.2. The van der Waals surface area contributed by atoms with Crippen LogP contribution in [0.2, 0.25) is 0 Å². The SMILES string of the molecule is Cc1ccc(NC(=O)CN(C)C(=O)COC(=O)c2ccc(-n3cnnn3)cc2)cc1. The Bertz CT molecular complexity index is 1020. The van der Waals surface area contributed by atoms with E-state index in [2.05, 4.69) is 20.8 Å². The first kappa shape index (κ1) is 20.6. The minimum Gasteiger partial charge on any atom is -0.452 e. The Kier molecular flexibility index (Phi) is 6.48.